The van der Waals surface area contributed by atoms with Crippen LogP contribution in [0.15, 0.2) is 89.9 Å². The Morgan fingerprint density at radius 2 is 1.59 bits per heavy atom. The number of carboxylic acid groups (broad SMARTS) is 1. The van der Waals surface area contributed by atoms with Crippen LogP contribution < -0.4 is 4.90 Å². The zero-order valence-electron chi connectivity index (χ0n) is 20.5. The first-order valence-electron chi connectivity index (χ1n) is 11.9. The molecule has 4 aromatic rings. The summed E-state index contributed by atoms with van der Waals surface area (Å²) >= 11 is 0. The number of amidine groups is 1. The number of anilines is 1. The van der Waals surface area contributed by atoms with E-state index in [1.165, 1.54) is 35.2 Å². The molecule has 5 rings (SSSR count). The van der Waals surface area contributed by atoms with Gasteiger partial charge in [0.15, 0.2) is 0 Å². The SMILES string of the molecule is Cc1cc(F)c2c(c1)C(CC(=O)O)N(c1cccc(C(F)(F)F)c1)C(c1ccc(-c3cccc(F)c3)cc1)=N2. The van der Waals surface area contributed by atoms with Gasteiger partial charge in [0.2, 0.25) is 0 Å². The predicted octanol–water partition coefficient (Wildman–Crippen LogP) is 8.07. The van der Waals surface area contributed by atoms with E-state index in [0.717, 1.165) is 12.1 Å². The largest absolute Gasteiger partial charge is 0.481 e. The summed E-state index contributed by atoms with van der Waals surface area (Å²) < 4.78 is 69.8. The Bertz CT molecular complexity index is 1600. The molecular weight excluding hydrogens is 515 g/mol. The number of rotatable bonds is 5. The predicted molar refractivity (Wildman–Crippen MR) is 138 cm³/mol. The molecule has 0 radical (unpaired) electrons. The topological polar surface area (TPSA) is 52.9 Å². The van der Waals surface area contributed by atoms with Crippen LogP contribution in [-0.2, 0) is 11.0 Å². The summed E-state index contributed by atoms with van der Waals surface area (Å²) in [6.45, 7) is 1.64. The number of aliphatic carboxylic acids is 1. The smallest absolute Gasteiger partial charge is 0.416 e. The molecule has 198 valence electrons. The summed E-state index contributed by atoms with van der Waals surface area (Å²) in [5.41, 5.74) is 1.53. The molecule has 4 nitrogen and oxygen atoms in total. The zero-order chi connectivity index (χ0) is 27.9. The van der Waals surface area contributed by atoms with E-state index in [-0.39, 0.29) is 22.8 Å². The Balaban J connectivity index is 1.71. The van der Waals surface area contributed by atoms with E-state index in [9.17, 15) is 27.5 Å². The number of alkyl halides is 3. The molecule has 0 fully saturated rings. The molecule has 0 saturated carbocycles. The van der Waals surface area contributed by atoms with Crippen LogP contribution >= 0.6 is 0 Å². The molecule has 0 saturated heterocycles. The molecule has 0 bridgehead atoms. The molecule has 1 aliphatic rings. The Morgan fingerprint density at radius 1 is 0.897 bits per heavy atom. The lowest BCUT2D eigenvalue weighted by molar-refractivity contribution is -0.138. The van der Waals surface area contributed by atoms with Crippen LogP contribution in [0.25, 0.3) is 11.1 Å². The second-order valence-corrected chi connectivity index (χ2v) is 9.24. The minimum absolute atomic E-state index is 0.0524. The average molecular weight is 537 g/mol. The Morgan fingerprint density at radius 3 is 2.26 bits per heavy atom. The van der Waals surface area contributed by atoms with Crippen LogP contribution in [0.4, 0.5) is 33.3 Å². The van der Waals surface area contributed by atoms with Gasteiger partial charge < -0.3 is 10.0 Å². The van der Waals surface area contributed by atoms with Crippen molar-refractivity contribution in [3.8, 4) is 11.1 Å². The summed E-state index contributed by atoms with van der Waals surface area (Å²) in [4.78, 5) is 17.9. The molecule has 1 atom stereocenters. The zero-order valence-corrected chi connectivity index (χ0v) is 20.5. The number of carbonyl (C=O) groups is 1. The first-order chi connectivity index (χ1) is 18.5. The first kappa shape index (κ1) is 26.1. The first-order valence-corrected chi connectivity index (χ1v) is 11.9. The molecule has 39 heavy (non-hydrogen) atoms. The fourth-order valence-corrected chi connectivity index (χ4v) is 4.76. The minimum Gasteiger partial charge on any atom is -0.481 e. The summed E-state index contributed by atoms with van der Waals surface area (Å²) in [5, 5.41) is 9.75. The number of benzene rings is 4. The lowest BCUT2D eigenvalue weighted by Crippen LogP contribution is -2.39. The van der Waals surface area contributed by atoms with Gasteiger partial charge in [-0.15, -0.1) is 0 Å². The lowest BCUT2D eigenvalue weighted by Gasteiger charge is -2.38. The van der Waals surface area contributed by atoms with Gasteiger partial charge in [0.05, 0.1) is 18.0 Å². The standard InChI is InChI=1S/C30H21F5N2O2/c1-17-12-24-26(16-27(38)39)37(23-7-3-5-21(15-23)30(33,34)35)29(36-28(24)25(32)13-17)19-10-8-18(9-11-19)20-4-2-6-22(31)14-20/h2-15,26H,16H2,1H3,(H,38,39). The fourth-order valence-electron chi connectivity index (χ4n) is 4.76. The number of hydrogen-bond donors (Lipinski definition) is 1. The van der Waals surface area contributed by atoms with Crippen molar-refractivity contribution in [1.29, 1.82) is 0 Å². The molecule has 9 heteroatoms. The van der Waals surface area contributed by atoms with Crippen LogP contribution in [-0.4, -0.2) is 16.9 Å². The normalized spacial score (nSPS) is 15.1. The van der Waals surface area contributed by atoms with Gasteiger partial charge in [0.25, 0.3) is 0 Å². The molecule has 0 spiro atoms. The highest BCUT2D eigenvalue weighted by Crippen LogP contribution is 2.44. The van der Waals surface area contributed by atoms with Crippen molar-refractivity contribution in [2.24, 2.45) is 4.99 Å². The van der Waals surface area contributed by atoms with Crippen molar-refractivity contribution >= 4 is 23.2 Å². The van der Waals surface area contributed by atoms with Gasteiger partial charge in [-0.05, 0) is 60.0 Å². The highest BCUT2D eigenvalue weighted by atomic mass is 19.4. The summed E-state index contributed by atoms with van der Waals surface area (Å²) in [7, 11) is 0. The van der Waals surface area contributed by atoms with E-state index in [1.807, 2.05) is 0 Å². The van der Waals surface area contributed by atoms with E-state index in [1.54, 1.807) is 49.4 Å². The summed E-state index contributed by atoms with van der Waals surface area (Å²) in [5.74, 6) is -2.21. The van der Waals surface area contributed by atoms with Crippen molar-refractivity contribution in [3.63, 3.8) is 0 Å². The molecule has 0 aliphatic carbocycles. The van der Waals surface area contributed by atoms with Crippen LogP contribution in [0.1, 0.15) is 34.7 Å². The van der Waals surface area contributed by atoms with Crippen LogP contribution in [0, 0.1) is 18.6 Å². The summed E-state index contributed by atoms with van der Waals surface area (Å²) in [6, 6.07) is 18.9. The average Bonchev–Trinajstić information content (AvgIpc) is 2.88. The van der Waals surface area contributed by atoms with Gasteiger partial charge >= 0.3 is 12.1 Å². The monoisotopic (exact) mass is 536 g/mol. The number of halogens is 5. The third-order valence-corrected chi connectivity index (χ3v) is 6.47. The maximum Gasteiger partial charge on any atom is 0.416 e. The maximum atomic E-state index is 15.1. The van der Waals surface area contributed by atoms with E-state index in [2.05, 4.69) is 4.99 Å². The molecule has 1 heterocycles. The van der Waals surface area contributed by atoms with Gasteiger partial charge in [0, 0.05) is 16.8 Å². The highest BCUT2D eigenvalue weighted by molar-refractivity contribution is 6.13. The van der Waals surface area contributed by atoms with Crippen LogP contribution in [0.5, 0.6) is 0 Å². The molecule has 1 N–H and O–H groups in total. The lowest BCUT2D eigenvalue weighted by atomic mass is 9.93. The Labute approximate surface area is 220 Å². The Kier molecular flexibility index (Phi) is 6.68. The Hall–Kier alpha value is -4.53. The number of nitrogens with zero attached hydrogens (tertiary/aromatic N) is 2. The van der Waals surface area contributed by atoms with Gasteiger partial charge in [-0.3, -0.25) is 4.79 Å². The van der Waals surface area contributed by atoms with Crippen LogP contribution in [0.3, 0.4) is 0 Å². The van der Waals surface area contributed by atoms with Crippen molar-refractivity contribution < 1.29 is 31.9 Å². The highest BCUT2D eigenvalue weighted by Gasteiger charge is 2.37. The molecule has 0 aromatic heterocycles. The van der Waals surface area contributed by atoms with Crippen molar-refractivity contribution in [3.05, 3.63) is 119 Å². The molecule has 1 aliphatic heterocycles. The van der Waals surface area contributed by atoms with E-state index in [0.29, 0.717) is 22.3 Å². The number of aryl methyl sites for hydroxylation is 1. The minimum atomic E-state index is -4.64. The molecule has 1 unspecified atom stereocenters. The molecule has 4 aromatic carbocycles. The van der Waals surface area contributed by atoms with E-state index >= 15 is 4.39 Å². The summed E-state index contributed by atoms with van der Waals surface area (Å²) in [6.07, 6.45) is -5.16. The van der Waals surface area contributed by atoms with Gasteiger partial charge in [-0.25, -0.2) is 13.8 Å². The maximum absolute atomic E-state index is 15.1. The van der Waals surface area contributed by atoms with E-state index in [4.69, 9.17) is 0 Å². The molecular formula is C30H21F5N2O2. The molecule has 0 amide bonds. The van der Waals surface area contributed by atoms with Crippen molar-refractivity contribution in [2.75, 3.05) is 4.90 Å². The quantitative estimate of drug-likeness (QED) is 0.263. The van der Waals surface area contributed by atoms with Crippen molar-refractivity contribution in [2.45, 2.75) is 25.6 Å². The fraction of sp³-hybridized carbons (Fsp3) is 0.133. The number of hydrogen-bond acceptors (Lipinski definition) is 3. The third-order valence-electron chi connectivity index (χ3n) is 6.47. The van der Waals surface area contributed by atoms with E-state index < -0.39 is 41.8 Å². The van der Waals surface area contributed by atoms with Gasteiger partial charge in [-0.2, -0.15) is 13.2 Å². The number of carboxylic acids is 1. The second-order valence-electron chi connectivity index (χ2n) is 9.24. The van der Waals surface area contributed by atoms with Crippen molar-refractivity contribution in [1.82, 2.24) is 0 Å². The van der Waals surface area contributed by atoms with Crippen LogP contribution in [0.2, 0.25) is 0 Å². The second kappa shape index (κ2) is 9.98. The van der Waals surface area contributed by atoms with Gasteiger partial charge in [0.1, 0.15) is 23.2 Å². The number of fused-ring (bicyclic) bond motifs is 1. The number of aliphatic imine (C=N–C) groups is 1. The van der Waals surface area contributed by atoms with Gasteiger partial charge in [-0.1, -0.05) is 48.5 Å². The third kappa shape index (κ3) is 5.25.